The Labute approximate surface area is 122 Å². The molecule has 7 heteroatoms. The Morgan fingerprint density at radius 3 is 2.65 bits per heavy atom. The highest BCUT2D eigenvalue weighted by Crippen LogP contribution is 2.19. The van der Waals surface area contributed by atoms with Crippen molar-refractivity contribution in [2.75, 3.05) is 13.1 Å². The minimum absolute atomic E-state index is 0.0504. The van der Waals surface area contributed by atoms with Gasteiger partial charge < -0.3 is 16.4 Å². The van der Waals surface area contributed by atoms with Crippen LogP contribution in [0.4, 0.5) is 0 Å². The van der Waals surface area contributed by atoms with Gasteiger partial charge in [-0.2, -0.15) is 0 Å². The second-order valence-electron chi connectivity index (χ2n) is 5.20. The summed E-state index contributed by atoms with van der Waals surface area (Å²) in [5.74, 6) is -0.310. The van der Waals surface area contributed by atoms with Crippen LogP contribution >= 0.6 is 11.3 Å². The van der Waals surface area contributed by atoms with Crippen molar-refractivity contribution >= 4 is 23.2 Å². The van der Waals surface area contributed by atoms with Gasteiger partial charge in [-0.1, -0.05) is 0 Å². The number of amides is 2. The third-order valence-electron chi connectivity index (χ3n) is 3.54. The molecule has 4 N–H and O–H groups in total. The van der Waals surface area contributed by atoms with Crippen molar-refractivity contribution in [1.29, 1.82) is 0 Å². The molecule has 0 saturated carbocycles. The first-order chi connectivity index (χ1) is 9.47. The number of carbonyl (C=O) groups excluding carboxylic acids is 2. The van der Waals surface area contributed by atoms with E-state index in [1.807, 2.05) is 12.3 Å². The Kier molecular flexibility index (Phi) is 4.72. The molecule has 1 aromatic rings. The monoisotopic (exact) mass is 296 g/mol. The summed E-state index contributed by atoms with van der Waals surface area (Å²) in [7, 11) is 0. The van der Waals surface area contributed by atoms with Crippen LogP contribution in [0.3, 0.4) is 0 Å². The van der Waals surface area contributed by atoms with Crippen LogP contribution in [0.25, 0.3) is 0 Å². The second kappa shape index (κ2) is 6.32. The van der Waals surface area contributed by atoms with Gasteiger partial charge >= 0.3 is 0 Å². The predicted molar refractivity (Wildman–Crippen MR) is 76.9 cm³/mol. The van der Waals surface area contributed by atoms with Crippen molar-refractivity contribution in [2.24, 2.45) is 17.4 Å². The molecule has 1 aliphatic rings. The first-order valence-electron chi connectivity index (χ1n) is 6.74. The fourth-order valence-electron chi connectivity index (χ4n) is 2.29. The summed E-state index contributed by atoms with van der Waals surface area (Å²) in [6.45, 7) is 3.06. The van der Waals surface area contributed by atoms with E-state index in [0.717, 1.165) is 10.7 Å². The van der Waals surface area contributed by atoms with E-state index in [4.69, 9.17) is 11.5 Å². The zero-order valence-corrected chi connectivity index (χ0v) is 12.4. The molecule has 0 aromatic carbocycles. The lowest BCUT2D eigenvalue weighted by atomic mass is 9.96. The molecule has 0 spiro atoms. The van der Waals surface area contributed by atoms with Crippen LogP contribution in [0.15, 0.2) is 5.38 Å². The van der Waals surface area contributed by atoms with Crippen LogP contribution in [0, 0.1) is 5.92 Å². The highest BCUT2D eigenvalue weighted by Gasteiger charge is 2.26. The zero-order valence-electron chi connectivity index (χ0n) is 11.5. The van der Waals surface area contributed by atoms with Gasteiger partial charge in [-0.25, -0.2) is 4.98 Å². The van der Waals surface area contributed by atoms with Crippen molar-refractivity contribution in [3.63, 3.8) is 0 Å². The van der Waals surface area contributed by atoms with E-state index in [1.54, 1.807) is 4.90 Å². The van der Waals surface area contributed by atoms with E-state index in [-0.39, 0.29) is 23.8 Å². The summed E-state index contributed by atoms with van der Waals surface area (Å²) in [6, 6.07) is -0.102. The van der Waals surface area contributed by atoms with Crippen molar-refractivity contribution in [2.45, 2.75) is 32.2 Å². The van der Waals surface area contributed by atoms with Gasteiger partial charge in [0.25, 0.3) is 0 Å². The topological polar surface area (TPSA) is 102 Å². The van der Waals surface area contributed by atoms with Crippen molar-refractivity contribution in [3.8, 4) is 0 Å². The van der Waals surface area contributed by atoms with Crippen molar-refractivity contribution in [1.82, 2.24) is 9.88 Å². The van der Waals surface area contributed by atoms with Crippen molar-refractivity contribution < 1.29 is 9.59 Å². The summed E-state index contributed by atoms with van der Waals surface area (Å²) in [4.78, 5) is 29.4. The Balaban J connectivity index is 1.87. The number of likely N-dealkylation sites (tertiary alicyclic amines) is 1. The van der Waals surface area contributed by atoms with E-state index in [9.17, 15) is 9.59 Å². The fourth-order valence-corrected chi connectivity index (χ4v) is 3.07. The number of nitrogens with two attached hydrogens (primary N) is 2. The highest BCUT2D eigenvalue weighted by atomic mass is 32.1. The summed E-state index contributed by atoms with van der Waals surface area (Å²) >= 11 is 1.48. The maximum atomic E-state index is 12.2. The van der Waals surface area contributed by atoms with Gasteiger partial charge in [0, 0.05) is 24.4 Å². The van der Waals surface area contributed by atoms with Crippen LogP contribution in [0.2, 0.25) is 0 Å². The molecule has 2 heterocycles. The van der Waals surface area contributed by atoms with Crippen LogP contribution < -0.4 is 11.5 Å². The maximum Gasteiger partial charge on any atom is 0.228 e. The fraction of sp³-hybridized carbons (Fsp3) is 0.615. The molecule has 1 aromatic heterocycles. The molecule has 1 aliphatic heterocycles. The molecule has 0 aliphatic carbocycles. The molecular formula is C13H20N4O2S. The summed E-state index contributed by atoms with van der Waals surface area (Å²) < 4.78 is 0. The lowest BCUT2D eigenvalue weighted by molar-refractivity contribution is -0.134. The quantitative estimate of drug-likeness (QED) is 0.841. The first-order valence-corrected chi connectivity index (χ1v) is 7.62. The molecule has 20 heavy (non-hydrogen) atoms. The predicted octanol–water partition coefficient (Wildman–Crippen LogP) is 0.429. The van der Waals surface area contributed by atoms with Gasteiger partial charge in [0.1, 0.15) is 5.01 Å². The lowest BCUT2D eigenvalue weighted by Crippen LogP contribution is -2.42. The number of nitrogens with zero attached hydrogens (tertiary/aromatic N) is 2. The van der Waals surface area contributed by atoms with E-state index in [1.165, 1.54) is 11.3 Å². The maximum absolute atomic E-state index is 12.2. The number of piperidine rings is 1. The number of hydrogen-bond acceptors (Lipinski definition) is 5. The summed E-state index contributed by atoms with van der Waals surface area (Å²) in [6.07, 6.45) is 1.61. The summed E-state index contributed by atoms with van der Waals surface area (Å²) in [5.41, 5.74) is 11.8. The number of rotatable bonds is 4. The van der Waals surface area contributed by atoms with Crippen LogP contribution in [0.1, 0.15) is 36.5 Å². The standard InChI is InChI=1S/C13H20N4O2S/c1-8(14)13-16-10(7-20-13)6-11(18)17-4-2-9(3-5-17)12(15)19/h7-9H,2-6,14H2,1H3,(H2,15,19). The SMILES string of the molecule is CC(N)c1nc(CC(=O)N2CCC(C(N)=O)CC2)cs1. The van der Waals surface area contributed by atoms with E-state index >= 15 is 0 Å². The van der Waals surface area contributed by atoms with Gasteiger partial charge in [-0.3, -0.25) is 9.59 Å². The minimum atomic E-state index is -0.266. The molecule has 0 bridgehead atoms. The molecule has 0 radical (unpaired) electrons. The van der Waals surface area contributed by atoms with Crippen LogP contribution in [-0.4, -0.2) is 34.8 Å². The molecule has 110 valence electrons. The molecule has 1 atom stereocenters. The molecule has 6 nitrogen and oxygen atoms in total. The Morgan fingerprint density at radius 2 is 2.15 bits per heavy atom. The third kappa shape index (κ3) is 3.55. The molecule has 1 unspecified atom stereocenters. The largest absolute Gasteiger partial charge is 0.369 e. The Bertz CT molecular complexity index is 492. The number of carbonyl (C=O) groups is 2. The van der Waals surface area contributed by atoms with Gasteiger partial charge in [-0.15, -0.1) is 11.3 Å². The van der Waals surface area contributed by atoms with E-state index < -0.39 is 0 Å². The Morgan fingerprint density at radius 1 is 1.50 bits per heavy atom. The number of aromatic nitrogens is 1. The summed E-state index contributed by atoms with van der Waals surface area (Å²) in [5, 5.41) is 2.73. The molecule has 1 fully saturated rings. The van der Waals surface area contributed by atoms with Gasteiger partial charge in [-0.05, 0) is 19.8 Å². The average molecular weight is 296 g/mol. The average Bonchev–Trinajstić information content (AvgIpc) is 2.87. The smallest absolute Gasteiger partial charge is 0.228 e. The number of primary amides is 1. The lowest BCUT2D eigenvalue weighted by Gasteiger charge is -2.30. The number of thiazole rings is 1. The Hall–Kier alpha value is -1.47. The van der Waals surface area contributed by atoms with E-state index in [2.05, 4.69) is 4.98 Å². The molecule has 2 amide bonds. The highest BCUT2D eigenvalue weighted by molar-refractivity contribution is 7.09. The van der Waals surface area contributed by atoms with Gasteiger partial charge in [0.05, 0.1) is 18.2 Å². The second-order valence-corrected chi connectivity index (χ2v) is 6.09. The van der Waals surface area contributed by atoms with E-state index in [0.29, 0.717) is 32.4 Å². The van der Waals surface area contributed by atoms with Gasteiger partial charge in [0.2, 0.25) is 11.8 Å². The van der Waals surface area contributed by atoms with Gasteiger partial charge in [0.15, 0.2) is 0 Å². The van der Waals surface area contributed by atoms with Crippen molar-refractivity contribution in [3.05, 3.63) is 16.1 Å². The first kappa shape index (κ1) is 14.9. The molecule has 1 saturated heterocycles. The van der Waals surface area contributed by atoms with Crippen LogP contribution in [0.5, 0.6) is 0 Å². The minimum Gasteiger partial charge on any atom is -0.369 e. The molecular weight excluding hydrogens is 276 g/mol. The number of hydrogen-bond donors (Lipinski definition) is 2. The van der Waals surface area contributed by atoms with Crippen LogP contribution in [-0.2, 0) is 16.0 Å². The third-order valence-corrected chi connectivity index (χ3v) is 4.64. The zero-order chi connectivity index (χ0) is 14.7. The molecule has 2 rings (SSSR count). The normalized spacial score (nSPS) is 18.0.